The van der Waals surface area contributed by atoms with E-state index in [1.165, 1.54) is 0 Å². The number of allylic oxidation sites excluding steroid dienone is 2. The molecule has 0 radical (unpaired) electrons. The average Bonchev–Trinajstić information content (AvgIpc) is 3.22. The average molecular weight is 509 g/mol. The van der Waals surface area contributed by atoms with Crippen molar-refractivity contribution in [1.82, 2.24) is 14.8 Å². The van der Waals surface area contributed by atoms with Gasteiger partial charge in [0.15, 0.2) is 5.78 Å². The molecule has 2 aliphatic rings. The van der Waals surface area contributed by atoms with Crippen LogP contribution in [-0.2, 0) is 11.4 Å². The van der Waals surface area contributed by atoms with Gasteiger partial charge in [0, 0.05) is 28.5 Å². The molecule has 182 valence electrons. The monoisotopic (exact) mass is 508 g/mol. The van der Waals surface area contributed by atoms with Gasteiger partial charge in [-0.05, 0) is 53.6 Å². The molecule has 1 aliphatic carbocycles. The number of Topliss-reactive ketones (excluding diaryl/α,β-unsaturated/α-hetero) is 1. The van der Waals surface area contributed by atoms with Gasteiger partial charge in [-0.25, -0.2) is 4.68 Å². The van der Waals surface area contributed by atoms with Crippen LogP contribution in [0.5, 0.6) is 5.75 Å². The van der Waals surface area contributed by atoms with E-state index < -0.39 is 0 Å². The Bertz CT molecular complexity index is 1280. The number of hydrogen-bond acceptors (Lipinski definition) is 6. The van der Waals surface area contributed by atoms with E-state index in [1.807, 2.05) is 53.2 Å². The van der Waals surface area contributed by atoms with Gasteiger partial charge in [0.25, 0.3) is 0 Å². The maximum Gasteiger partial charge on any atom is 0.227 e. The van der Waals surface area contributed by atoms with E-state index in [1.54, 1.807) is 11.8 Å². The van der Waals surface area contributed by atoms with Crippen molar-refractivity contribution in [2.45, 2.75) is 57.8 Å². The summed E-state index contributed by atoms with van der Waals surface area (Å²) in [6.07, 6.45) is 2.37. The molecular formula is C27H29ClN4O2S. The van der Waals surface area contributed by atoms with E-state index in [0.717, 1.165) is 51.9 Å². The van der Waals surface area contributed by atoms with Crippen molar-refractivity contribution in [3.63, 3.8) is 0 Å². The van der Waals surface area contributed by atoms with Crippen molar-refractivity contribution in [3.8, 4) is 5.75 Å². The highest BCUT2D eigenvalue weighted by molar-refractivity contribution is 7.99. The summed E-state index contributed by atoms with van der Waals surface area (Å²) in [6.45, 7) is 6.85. The topological polar surface area (TPSA) is 69.0 Å². The van der Waals surface area contributed by atoms with Crippen molar-refractivity contribution in [1.29, 1.82) is 0 Å². The lowest BCUT2D eigenvalue weighted by atomic mass is 9.73. The van der Waals surface area contributed by atoms with Crippen LogP contribution in [-0.4, -0.2) is 26.3 Å². The molecule has 0 saturated heterocycles. The first kappa shape index (κ1) is 23.9. The summed E-state index contributed by atoms with van der Waals surface area (Å²) in [6, 6.07) is 15.3. The molecule has 2 heterocycles. The molecule has 0 bridgehead atoms. The first-order valence-corrected chi connectivity index (χ1v) is 13.3. The second-order valence-electron chi connectivity index (χ2n) is 9.86. The number of benzene rings is 2. The quantitative estimate of drug-likeness (QED) is 0.359. The lowest BCUT2D eigenvalue weighted by Crippen LogP contribution is -2.36. The third kappa shape index (κ3) is 5.11. The molecule has 1 unspecified atom stereocenters. The van der Waals surface area contributed by atoms with E-state index in [-0.39, 0.29) is 17.2 Å². The summed E-state index contributed by atoms with van der Waals surface area (Å²) in [5.41, 5.74) is 3.66. The lowest BCUT2D eigenvalue weighted by molar-refractivity contribution is -0.118. The number of carbonyl (C=O) groups excluding carboxylic acids is 1. The number of ether oxygens (including phenoxy) is 1. The molecule has 8 heteroatoms. The fourth-order valence-corrected chi connectivity index (χ4v) is 5.59. The van der Waals surface area contributed by atoms with Crippen molar-refractivity contribution in [2.75, 3.05) is 11.1 Å². The van der Waals surface area contributed by atoms with Crippen LogP contribution in [0.4, 0.5) is 5.95 Å². The summed E-state index contributed by atoms with van der Waals surface area (Å²) in [5.74, 6) is 2.57. The molecule has 0 spiro atoms. The maximum atomic E-state index is 13.4. The minimum absolute atomic E-state index is 0.0898. The highest BCUT2D eigenvalue weighted by Crippen LogP contribution is 2.45. The first-order chi connectivity index (χ1) is 16.8. The van der Waals surface area contributed by atoms with Crippen molar-refractivity contribution in [2.24, 2.45) is 5.41 Å². The second kappa shape index (κ2) is 9.70. The highest BCUT2D eigenvalue weighted by Gasteiger charge is 2.41. The fraction of sp³-hybridized carbons (Fsp3) is 0.370. The smallest absolute Gasteiger partial charge is 0.227 e. The number of hydrogen-bond donors (Lipinski definition) is 1. The minimum atomic E-state index is -0.310. The van der Waals surface area contributed by atoms with Gasteiger partial charge < -0.3 is 10.1 Å². The zero-order chi connectivity index (χ0) is 24.6. The number of fused-ring (bicyclic) bond motifs is 1. The number of nitrogens with one attached hydrogen (secondary N) is 1. The van der Waals surface area contributed by atoms with Gasteiger partial charge >= 0.3 is 0 Å². The number of nitrogens with zero attached hydrogens (tertiary/aromatic N) is 3. The van der Waals surface area contributed by atoms with Crippen LogP contribution in [0, 0.1) is 5.41 Å². The molecular weight excluding hydrogens is 480 g/mol. The number of aromatic nitrogens is 3. The van der Waals surface area contributed by atoms with Gasteiger partial charge in [0.05, 0.1) is 0 Å². The fourth-order valence-electron chi connectivity index (χ4n) is 4.69. The number of halogens is 1. The SMILES string of the molecule is CCCSc1nc2n(n1)C(c1ccc(OCc3cccc(Cl)c3)cc1)C1=C(CC(C)(C)CC1=O)N2. The third-order valence-electron chi connectivity index (χ3n) is 6.24. The first-order valence-electron chi connectivity index (χ1n) is 11.9. The summed E-state index contributed by atoms with van der Waals surface area (Å²) in [4.78, 5) is 18.1. The van der Waals surface area contributed by atoms with Crippen LogP contribution in [0.15, 0.2) is 65.0 Å². The van der Waals surface area contributed by atoms with Crippen LogP contribution in [0.2, 0.25) is 5.02 Å². The molecule has 0 saturated carbocycles. The van der Waals surface area contributed by atoms with Gasteiger partial charge in [-0.1, -0.05) is 68.4 Å². The van der Waals surface area contributed by atoms with Gasteiger partial charge in [0.1, 0.15) is 18.4 Å². The Hall–Kier alpha value is -2.77. The molecule has 3 aromatic rings. The Morgan fingerprint density at radius 2 is 2.00 bits per heavy atom. The zero-order valence-electron chi connectivity index (χ0n) is 20.2. The molecule has 1 N–H and O–H groups in total. The number of rotatable bonds is 7. The van der Waals surface area contributed by atoms with Crippen LogP contribution in [0.25, 0.3) is 0 Å². The predicted molar refractivity (Wildman–Crippen MR) is 140 cm³/mol. The van der Waals surface area contributed by atoms with E-state index >= 15 is 0 Å². The Kier molecular flexibility index (Phi) is 6.64. The second-order valence-corrected chi connectivity index (χ2v) is 11.4. The number of anilines is 1. The highest BCUT2D eigenvalue weighted by atomic mass is 35.5. The van der Waals surface area contributed by atoms with Crippen molar-refractivity contribution < 1.29 is 9.53 Å². The molecule has 0 amide bonds. The molecule has 5 rings (SSSR count). The Morgan fingerprint density at radius 3 is 2.74 bits per heavy atom. The Balaban J connectivity index is 1.46. The van der Waals surface area contributed by atoms with Gasteiger partial charge in [0.2, 0.25) is 11.1 Å². The minimum Gasteiger partial charge on any atom is -0.489 e. The molecule has 1 aliphatic heterocycles. The zero-order valence-corrected chi connectivity index (χ0v) is 21.7. The van der Waals surface area contributed by atoms with Crippen LogP contribution < -0.4 is 10.1 Å². The van der Waals surface area contributed by atoms with E-state index in [2.05, 4.69) is 26.1 Å². The summed E-state index contributed by atoms with van der Waals surface area (Å²) in [7, 11) is 0. The van der Waals surface area contributed by atoms with Gasteiger partial charge in [-0.15, -0.1) is 5.10 Å². The number of carbonyl (C=O) groups is 1. The van der Waals surface area contributed by atoms with Gasteiger partial charge in [-0.2, -0.15) is 4.98 Å². The number of thioether (sulfide) groups is 1. The van der Waals surface area contributed by atoms with Crippen molar-refractivity contribution >= 4 is 35.1 Å². The van der Waals surface area contributed by atoms with E-state index in [4.69, 9.17) is 26.4 Å². The molecule has 0 fully saturated rings. The van der Waals surface area contributed by atoms with Crippen molar-refractivity contribution in [3.05, 3.63) is 76.0 Å². The molecule has 1 aromatic heterocycles. The Morgan fingerprint density at radius 1 is 1.20 bits per heavy atom. The largest absolute Gasteiger partial charge is 0.489 e. The normalized spacial score (nSPS) is 18.6. The number of ketones is 1. The predicted octanol–water partition coefficient (Wildman–Crippen LogP) is 6.67. The molecule has 1 atom stereocenters. The summed E-state index contributed by atoms with van der Waals surface area (Å²) in [5, 5.41) is 9.65. The Labute approximate surface area is 215 Å². The molecule has 6 nitrogen and oxygen atoms in total. The van der Waals surface area contributed by atoms with E-state index in [9.17, 15) is 4.79 Å². The summed E-state index contributed by atoms with van der Waals surface area (Å²) < 4.78 is 7.84. The van der Waals surface area contributed by atoms with Gasteiger partial charge in [-0.3, -0.25) is 4.79 Å². The van der Waals surface area contributed by atoms with E-state index in [0.29, 0.717) is 24.0 Å². The maximum absolute atomic E-state index is 13.4. The molecule has 35 heavy (non-hydrogen) atoms. The summed E-state index contributed by atoms with van der Waals surface area (Å²) >= 11 is 7.72. The standard InChI is InChI=1S/C27H29ClN4O2S/c1-4-12-35-26-30-25-29-21-14-27(2,3)15-22(33)23(21)24(32(25)31-26)18-8-10-20(11-9-18)34-16-17-6-5-7-19(28)13-17/h5-11,13,24H,4,12,14-16H2,1-3H3,(H,29,30,31). The third-order valence-corrected chi connectivity index (χ3v) is 7.52. The van der Waals surface area contributed by atoms with Crippen LogP contribution in [0.3, 0.4) is 0 Å². The van der Waals surface area contributed by atoms with Crippen LogP contribution in [0.1, 0.15) is 57.2 Å². The molecule has 2 aromatic carbocycles. The lowest BCUT2D eigenvalue weighted by Gasteiger charge is -2.38. The van der Waals surface area contributed by atoms with Crippen LogP contribution >= 0.6 is 23.4 Å².